The van der Waals surface area contributed by atoms with E-state index in [1.54, 1.807) is 32.9 Å². The van der Waals surface area contributed by atoms with Crippen molar-refractivity contribution >= 4 is 23.9 Å². The molecule has 0 spiro atoms. The van der Waals surface area contributed by atoms with Crippen LogP contribution in [-0.4, -0.2) is 64.7 Å². The summed E-state index contributed by atoms with van der Waals surface area (Å²) in [5.41, 5.74) is 2.50. The number of hydrogen-bond acceptors (Lipinski definition) is 8. The van der Waals surface area contributed by atoms with Gasteiger partial charge in [0.1, 0.15) is 11.6 Å². The minimum Gasteiger partial charge on any atom is -0.444 e. The number of nitrogens with zero attached hydrogens (tertiary/aromatic N) is 2. The van der Waals surface area contributed by atoms with Crippen molar-refractivity contribution < 1.29 is 33.6 Å². The number of hydrogen-bond donors (Lipinski definition) is 1. The molecule has 0 bridgehead atoms. The van der Waals surface area contributed by atoms with E-state index in [1.165, 1.54) is 17.0 Å². The van der Waals surface area contributed by atoms with Gasteiger partial charge in [-0.05, 0) is 52.2 Å². The lowest BCUT2D eigenvalue weighted by Crippen LogP contribution is -2.57. The lowest BCUT2D eigenvalue weighted by Gasteiger charge is -2.38. The Kier molecular flexibility index (Phi) is 7.70. The van der Waals surface area contributed by atoms with Gasteiger partial charge in [-0.3, -0.25) is 14.5 Å². The molecule has 2 heterocycles. The summed E-state index contributed by atoms with van der Waals surface area (Å²) in [5, 5.41) is 0.457. The predicted octanol–water partition coefficient (Wildman–Crippen LogP) is 2.83. The fourth-order valence-corrected chi connectivity index (χ4v) is 3.63. The molecule has 0 radical (unpaired) electrons. The Morgan fingerprint density at radius 3 is 2.30 bits per heavy atom. The van der Waals surface area contributed by atoms with Gasteiger partial charge in [-0.1, -0.05) is 30.5 Å². The fraction of sp³-hybridized carbons (Fsp3) is 0.565. The number of carbonyl (C=O) groups excluding carboxylic acids is 4. The van der Waals surface area contributed by atoms with Gasteiger partial charge in [0.15, 0.2) is 0 Å². The molecule has 2 aliphatic rings. The van der Waals surface area contributed by atoms with Gasteiger partial charge < -0.3 is 14.4 Å². The first-order valence-electron chi connectivity index (χ1n) is 11.2. The average molecular weight is 462 g/mol. The number of unbranched alkanes of at least 4 members (excludes halogenated alkanes) is 1. The van der Waals surface area contributed by atoms with Crippen molar-refractivity contribution in [1.82, 2.24) is 15.4 Å². The highest BCUT2D eigenvalue weighted by molar-refractivity contribution is 6.20. The van der Waals surface area contributed by atoms with Crippen LogP contribution in [0.25, 0.3) is 0 Å². The van der Waals surface area contributed by atoms with Crippen LogP contribution in [0.1, 0.15) is 74.1 Å². The number of benzene rings is 1. The van der Waals surface area contributed by atoms with Crippen LogP contribution in [0.5, 0.6) is 0 Å². The molecule has 1 aromatic rings. The van der Waals surface area contributed by atoms with E-state index < -0.39 is 35.5 Å². The van der Waals surface area contributed by atoms with Crippen molar-refractivity contribution in [3.8, 4) is 0 Å². The van der Waals surface area contributed by atoms with Gasteiger partial charge in [0.2, 0.25) is 0 Å². The SMILES string of the molecule is CCCCON[C@@H]1CC[C@@H](C(=O)ON2C(=O)c3ccccc3C2=O)N(C(=O)OC(C)(C)C)C1. The number of imide groups is 1. The van der Waals surface area contributed by atoms with E-state index in [4.69, 9.17) is 14.4 Å². The molecule has 2 aliphatic heterocycles. The zero-order valence-electron chi connectivity index (χ0n) is 19.5. The van der Waals surface area contributed by atoms with Crippen LogP contribution in [-0.2, 0) is 19.2 Å². The number of ether oxygens (including phenoxy) is 1. The molecule has 3 rings (SSSR count). The number of carbonyl (C=O) groups is 4. The highest BCUT2D eigenvalue weighted by Crippen LogP contribution is 2.26. The van der Waals surface area contributed by atoms with Crippen molar-refractivity contribution in [3.63, 3.8) is 0 Å². The molecular formula is C23H31N3O7. The third kappa shape index (κ3) is 5.88. The third-order valence-electron chi connectivity index (χ3n) is 5.27. The van der Waals surface area contributed by atoms with Crippen molar-refractivity contribution in [2.45, 2.75) is 71.1 Å². The van der Waals surface area contributed by atoms with E-state index in [2.05, 4.69) is 12.4 Å². The van der Waals surface area contributed by atoms with Crippen LogP contribution in [0.2, 0.25) is 0 Å². The molecule has 1 N–H and O–H groups in total. The molecule has 10 nitrogen and oxygen atoms in total. The van der Waals surface area contributed by atoms with Gasteiger partial charge in [0.05, 0.1) is 23.8 Å². The highest BCUT2D eigenvalue weighted by atomic mass is 16.7. The fourth-order valence-electron chi connectivity index (χ4n) is 3.63. The molecule has 2 atom stereocenters. The summed E-state index contributed by atoms with van der Waals surface area (Å²) in [6.07, 6.45) is 1.96. The largest absolute Gasteiger partial charge is 0.444 e. The first-order valence-corrected chi connectivity index (χ1v) is 11.2. The summed E-state index contributed by atoms with van der Waals surface area (Å²) in [6.45, 7) is 7.91. The number of amides is 3. The molecule has 0 aliphatic carbocycles. The average Bonchev–Trinajstić information content (AvgIpc) is 3.00. The van der Waals surface area contributed by atoms with Gasteiger partial charge in [0, 0.05) is 6.54 Å². The van der Waals surface area contributed by atoms with E-state index >= 15 is 0 Å². The minimum absolute atomic E-state index is 0.142. The van der Waals surface area contributed by atoms with Gasteiger partial charge in [-0.2, -0.15) is 5.48 Å². The van der Waals surface area contributed by atoms with E-state index in [0.717, 1.165) is 12.8 Å². The quantitative estimate of drug-likeness (QED) is 0.375. The van der Waals surface area contributed by atoms with Crippen molar-refractivity contribution in [2.24, 2.45) is 0 Å². The van der Waals surface area contributed by atoms with Crippen LogP contribution in [0.4, 0.5) is 4.79 Å². The lowest BCUT2D eigenvalue weighted by atomic mass is 9.99. The molecule has 0 saturated carbocycles. The summed E-state index contributed by atoms with van der Waals surface area (Å²) in [7, 11) is 0. The number of nitrogens with one attached hydrogen (secondary N) is 1. The smallest absolute Gasteiger partial charge is 0.411 e. The minimum atomic E-state index is -1.02. The second-order valence-corrected chi connectivity index (χ2v) is 9.10. The summed E-state index contributed by atoms with van der Waals surface area (Å²) in [4.78, 5) is 62.9. The van der Waals surface area contributed by atoms with Crippen LogP contribution in [0.15, 0.2) is 24.3 Å². The van der Waals surface area contributed by atoms with Crippen molar-refractivity contribution in [2.75, 3.05) is 13.2 Å². The number of hydroxylamine groups is 3. The Morgan fingerprint density at radius 2 is 1.73 bits per heavy atom. The van der Waals surface area contributed by atoms with E-state index in [-0.39, 0.29) is 30.1 Å². The van der Waals surface area contributed by atoms with E-state index in [9.17, 15) is 19.2 Å². The monoisotopic (exact) mass is 461 g/mol. The molecule has 10 heteroatoms. The summed E-state index contributed by atoms with van der Waals surface area (Å²) < 4.78 is 5.48. The second-order valence-electron chi connectivity index (χ2n) is 9.10. The lowest BCUT2D eigenvalue weighted by molar-refractivity contribution is -0.176. The van der Waals surface area contributed by atoms with Gasteiger partial charge in [-0.15, -0.1) is 0 Å². The molecule has 1 saturated heterocycles. The van der Waals surface area contributed by atoms with E-state index in [1.807, 2.05) is 0 Å². The molecule has 0 unspecified atom stereocenters. The molecule has 33 heavy (non-hydrogen) atoms. The first-order chi connectivity index (χ1) is 15.6. The summed E-state index contributed by atoms with van der Waals surface area (Å²) >= 11 is 0. The molecule has 180 valence electrons. The maximum atomic E-state index is 13.0. The van der Waals surface area contributed by atoms with Gasteiger partial charge >= 0.3 is 12.1 Å². The highest BCUT2D eigenvalue weighted by Gasteiger charge is 2.44. The van der Waals surface area contributed by atoms with E-state index in [0.29, 0.717) is 18.1 Å². The maximum Gasteiger partial charge on any atom is 0.411 e. The number of piperidine rings is 1. The van der Waals surface area contributed by atoms with Gasteiger partial charge in [0.25, 0.3) is 11.8 Å². The standard InChI is InChI=1S/C23H31N3O7/c1-5-6-13-31-24-15-11-12-18(25(14-15)22(30)32-23(2,3)4)21(29)33-26-19(27)16-9-7-8-10-17(16)20(26)28/h7-10,15,18,24H,5-6,11-14H2,1-4H3/t15-,18+/m1/s1. The zero-order chi connectivity index (χ0) is 24.2. The Labute approximate surface area is 193 Å². The number of fused-ring (bicyclic) bond motifs is 1. The maximum absolute atomic E-state index is 13.0. The normalized spacial score (nSPS) is 20.6. The summed E-state index contributed by atoms with van der Waals surface area (Å²) in [5.74, 6) is -2.30. The Bertz CT molecular complexity index is 877. The van der Waals surface area contributed by atoms with Crippen molar-refractivity contribution in [3.05, 3.63) is 35.4 Å². The number of likely N-dealkylation sites (tertiary alicyclic amines) is 1. The Morgan fingerprint density at radius 1 is 1.09 bits per heavy atom. The molecule has 0 aromatic heterocycles. The molecular weight excluding hydrogens is 430 g/mol. The zero-order valence-corrected chi connectivity index (χ0v) is 19.5. The van der Waals surface area contributed by atoms with Crippen LogP contribution >= 0.6 is 0 Å². The van der Waals surface area contributed by atoms with Crippen molar-refractivity contribution in [1.29, 1.82) is 0 Å². The third-order valence-corrected chi connectivity index (χ3v) is 5.27. The number of rotatable bonds is 7. The summed E-state index contributed by atoms with van der Waals surface area (Å²) in [6, 6.07) is 5.00. The molecule has 1 aromatic carbocycles. The molecule has 3 amide bonds. The molecule has 1 fully saturated rings. The second kappa shape index (κ2) is 10.3. The predicted molar refractivity (Wildman–Crippen MR) is 117 cm³/mol. The van der Waals surface area contributed by atoms with Crippen LogP contribution in [0, 0.1) is 0 Å². The van der Waals surface area contributed by atoms with Gasteiger partial charge in [-0.25, -0.2) is 9.59 Å². The first kappa shape index (κ1) is 24.7. The topological polar surface area (TPSA) is 114 Å². The van der Waals surface area contributed by atoms with Crippen LogP contribution in [0.3, 0.4) is 0 Å². The Balaban J connectivity index is 1.71. The van der Waals surface area contributed by atoms with Crippen LogP contribution < -0.4 is 5.48 Å². The Hall–Kier alpha value is -2.98.